The number of amides is 1. The minimum Gasteiger partial charge on any atom is -0.383 e. The molecule has 3 N–H and O–H groups in total. The Labute approximate surface area is 143 Å². The Morgan fingerprint density at radius 3 is 2.50 bits per heavy atom. The summed E-state index contributed by atoms with van der Waals surface area (Å²) in [6, 6.07) is 9.12. The average molecular weight is 330 g/mol. The molecule has 0 aliphatic carbocycles. The van der Waals surface area contributed by atoms with Gasteiger partial charge in [-0.15, -0.1) is 0 Å². The van der Waals surface area contributed by atoms with Crippen LogP contribution in [0.1, 0.15) is 32.0 Å². The largest absolute Gasteiger partial charge is 0.383 e. The first-order valence-corrected chi connectivity index (χ1v) is 7.95. The number of benzene rings is 1. The first-order chi connectivity index (χ1) is 11.2. The van der Waals surface area contributed by atoms with Gasteiger partial charge in [0.1, 0.15) is 11.9 Å². The van der Waals surface area contributed by atoms with Gasteiger partial charge >= 0.3 is 0 Å². The third-order valence-electron chi connectivity index (χ3n) is 3.69. The third-order valence-corrected chi connectivity index (χ3v) is 3.69. The zero-order chi connectivity index (χ0) is 17.9. The lowest BCUT2D eigenvalue weighted by Crippen LogP contribution is -2.39. The number of hydrogen-bond donors (Lipinski definition) is 2. The second-order valence-electron chi connectivity index (χ2n) is 6.96. The number of ether oxygens (including phenoxy) is 1. The summed E-state index contributed by atoms with van der Waals surface area (Å²) in [7, 11) is 1.52. The molecule has 0 saturated carbocycles. The van der Waals surface area contributed by atoms with Crippen molar-refractivity contribution in [2.24, 2.45) is 5.73 Å². The number of hydrogen-bond acceptors (Lipinski definition) is 4. The number of aryl methyl sites for hydroxylation is 1. The van der Waals surface area contributed by atoms with E-state index in [-0.39, 0.29) is 17.9 Å². The smallest absolute Gasteiger partial charge is 0.244 e. The standard InChI is InChI=1S/C18H26N4O2/c1-12-6-8-13(9-7-12)22-16(10-15(21-22)18(2,3)4)20-17(23)14(19)11-24-5/h6-10,14H,11,19H2,1-5H3,(H,20,23). The number of carbonyl (C=O) groups excluding carboxylic acids is 1. The summed E-state index contributed by atoms with van der Waals surface area (Å²) in [6.45, 7) is 8.43. The van der Waals surface area contributed by atoms with E-state index in [0.717, 1.165) is 16.9 Å². The Morgan fingerprint density at radius 1 is 1.33 bits per heavy atom. The van der Waals surface area contributed by atoms with Gasteiger partial charge in [0.25, 0.3) is 0 Å². The van der Waals surface area contributed by atoms with Crippen molar-refractivity contribution in [3.8, 4) is 5.69 Å². The number of nitrogens with two attached hydrogens (primary N) is 1. The van der Waals surface area contributed by atoms with Gasteiger partial charge in [0.15, 0.2) is 0 Å². The Bertz CT molecular complexity index is 699. The number of carbonyl (C=O) groups is 1. The maximum Gasteiger partial charge on any atom is 0.244 e. The quantitative estimate of drug-likeness (QED) is 0.882. The number of nitrogens with one attached hydrogen (secondary N) is 1. The normalized spacial score (nSPS) is 12.9. The Hall–Kier alpha value is -2.18. The first-order valence-electron chi connectivity index (χ1n) is 7.95. The highest BCUT2D eigenvalue weighted by Gasteiger charge is 2.22. The van der Waals surface area contributed by atoms with Crippen molar-refractivity contribution in [2.75, 3.05) is 19.0 Å². The number of nitrogens with zero attached hydrogens (tertiary/aromatic N) is 2. The fraction of sp³-hybridized carbons (Fsp3) is 0.444. The monoisotopic (exact) mass is 330 g/mol. The molecule has 130 valence electrons. The summed E-state index contributed by atoms with van der Waals surface area (Å²) in [6.07, 6.45) is 0. The van der Waals surface area contributed by atoms with Gasteiger partial charge in [-0.05, 0) is 19.1 Å². The Morgan fingerprint density at radius 2 is 1.96 bits per heavy atom. The van der Waals surface area contributed by atoms with Gasteiger partial charge in [0.2, 0.25) is 5.91 Å². The molecule has 24 heavy (non-hydrogen) atoms. The number of methoxy groups -OCH3 is 1. The molecule has 0 spiro atoms. The maximum absolute atomic E-state index is 12.2. The Balaban J connectivity index is 2.39. The molecular weight excluding hydrogens is 304 g/mol. The van der Waals surface area contributed by atoms with Gasteiger partial charge in [-0.3, -0.25) is 4.79 Å². The lowest BCUT2D eigenvalue weighted by atomic mass is 9.92. The second-order valence-corrected chi connectivity index (χ2v) is 6.96. The molecule has 0 aliphatic heterocycles. The highest BCUT2D eigenvalue weighted by atomic mass is 16.5. The van der Waals surface area contributed by atoms with E-state index in [1.54, 1.807) is 4.68 Å². The predicted octanol–water partition coefficient (Wildman–Crippen LogP) is 2.39. The summed E-state index contributed by atoms with van der Waals surface area (Å²) in [5, 5.41) is 7.53. The van der Waals surface area contributed by atoms with Crippen molar-refractivity contribution in [3.05, 3.63) is 41.6 Å². The van der Waals surface area contributed by atoms with Crippen LogP contribution in [0.4, 0.5) is 5.82 Å². The molecule has 2 rings (SSSR count). The van der Waals surface area contributed by atoms with Crippen LogP contribution in [0.3, 0.4) is 0 Å². The van der Waals surface area contributed by atoms with Gasteiger partial charge < -0.3 is 15.8 Å². The van der Waals surface area contributed by atoms with Crippen LogP contribution in [0, 0.1) is 6.92 Å². The zero-order valence-corrected chi connectivity index (χ0v) is 15.0. The van der Waals surface area contributed by atoms with E-state index in [4.69, 9.17) is 10.5 Å². The van der Waals surface area contributed by atoms with Gasteiger partial charge in [0.05, 0.1) is 18.0 Å². The van der Waals surface area contributed by atoms with Crippen molar-refractivity contribution < 1.29 is 9.53 Å². The summed E-state index contributed by atoms with van der Waals surface area (Å²) in [5.41, 5.74) is 8.61. The van der Waals surface area contributed by atoms with Gasteiger partial charge in [-0.2, -0.15) is 5.10 Å². The maximum atomic E-state index is 12.2. The highest BCUT2D eigenvalue weighted by Crippen LogP contribution is 2.26. The van der Waals surface area contributed by atoms with Crippen molar-refractivity contribution in [1.29, 1.82) is 0 Å². The van der Waals surface area contributed by atoms with Crippen molar-refractivity contribution in [3.63, 3.8) is 0 Å². The van der Waals surface area contributed by atoms with Crippen LogP contribution in [0.2, 0.25) is 0 Å². The molecule has 0 radical (unpaired) electrons. The van der Waals surface area contributed by atoms with Crippen LogP contribution in [0.5, 0.6) is 0 Å². The minimum atomic E-state index is -0.727. The molecule has 0 fully saturated rings. The summed E-state index contributed by atoms with van der Waals surface area (Å²) in [4.78, 5) is 12.2. The van der Waals surface area contributed by atoms with E-state index < -0.39 is 6.04 Å². The zero-order valence-electron chi connectivity index (χ0n) is 15.0. The van der Waals surface area contributed by atoms with E-state index in [1.165, 1.54) is 7.11 Å². The SMILES string of the molecule is COCC(N)C(=O)Nc1cc(C(C)(C)C)nn1-c1ccc(C)cc1. The molecule has 0 saturated heterocycles. The van der Waals surface area contributed by atoms with Crippen LogP contribution < -0.4 is 11.1 Å². The van der Waals surface area contributed by atoms with Crippen molar-refractivity contribution in [1.82, 2.24) is 9.78 Å². The second kappa shape index (κ2) is 7.15. The molecule has 6 heteroatoms. The molecule has 6 nitrogen and oxygen atoms in total. The first kappa shape index (κ1) is 18.2. The van der Waals surface area contributed by atoms with Gasteiger partial charge in [0, 0.05) is 18.6 Å². The third kappa shape index (κ3) is 4.21. The van der Waals surface area contributed by atoms with Crippen molar-refractivity contribution in [2.45, 2.75) is 39.2 Å². The molecule has 2 aromatic rings. The summed E-state index contributed by atoms with van der Waals surface area (Å²) in [5.74, 6) is 0.297. The Kier molecular flexibility index (Phi) is 5.41. The molecule has 1 amide bonds. The molecule has 0 bridgehead atoms. The topological polar surface area (TPSA) is 82.2 Å². The van der Waals surface area contributed by atoms with E-state index >= 15 is 0 Å². The minimum absolute atomic E-state index is 0.135. The van der Waals surface area contributed by atoms with E-state index in [1.807, 2.05) is 37.3 Å². The molecule has 0 aliphatic rings. The fourth-order valence-electron chi connectivity index (χ4n) is 2.19. The van der Waals surface area contributed by atoms with Crippen LogP contribution in [0.25, 0.3) is 5.69 Å². The molecule has 1 unspecified atom stereocenters. The van der Waals surface area contributed by atoms with Crippen LogP contribution >= 0.6 is 0 Å². The fourth-order valence-corrected chi connectivity index (χ4v) is 2.19. The van der Waals surface area contributed by atoms with E-state index in [2.05, 4.69) is 31.2 Å². The summed E-state index contributed by atoms with van der Waals surface area (Å²) >= 11 is 0. The lowest BCUT2D eigenvalue weighted by molar-refractivity contribution is -0.118. The highest BCUT2D eigenvalue weighted by molar-refractivity contribution is 5.94. The van der Waals surface area contributed by atoms with E-state index in [0.29, 0.717) is 5.82 Å². The van der Waals surface area contributed by atoms with Gasteiger partial charge in [-0.25, -0.2) is 4.68 Å². The molecule has 1 aromatic carbocycles. The summed E-state index contributed by atoms with van der Waals surface area (Å²) < 4.78 is 6.68. The predicted molar refractivity (Wildman–Crippen MR) is 95.5 cm³/mol. The molecule has 1 atom stereocenters. The van der Waals surface area contributed by atoms with E-state index in [9.17, 15) is 4.79 Å². The molecule has 1 heterocycles. The molecule has 1 aromatic heterocycles. The van der Waals surface area contributed by atoms with Crippen LogP contribution in [-0.4, -0.2) is 35.4 Å². The number of anilines is 1. The molecular formula is C18H26N4O2. The van der Waals surface area contributed by atoms with Crippen LogP contribution in [-0.2, 0) is 14.9 Å². The lowest BCUT2D eigenvalue weighted by Gasteiger charge is -2.14. The average Bonchev–Trinajstić information content (AvgIpc) is 2.92. The van der Waals surface area contributed by atoms with Gasteiger partial charge in [-0.1, -0.05) is 38.5 Å². The number of rotatable bonds is 5. The van der Waals surface area contributed by atoms with Crippen LogP contribution in [0.15, 0.2) is 30.3 Å². The van der Waals surface area contributed by atoms with Crippen molar-refractivity contribution >= 4 is 11.7 Å². The number of aromatic nitrogens is 2.